The molecule has 2 aromatic rings. The summed E-state index contributed by atoms with van der Waals surface area (Å²) in [5.74, 6) is 0.385. The molecule has 0 saturated carbocycles. The Morgan fingerprint density at radius 2 is 2.14 bits per heavy atom. The average Bonchev–Trinajstić information content (AvgIpc) is 2.82. The van der Waals surface area contributed by atoms with E-state index in [1.54, 1.807) is 26.8 Å². The van der Waals surface area contributed by atoms with Crippen LogP contribution in [0.4, 0.5) is 5.82 Å². The van der Waals surface area contributed by atoms with Crippen LogP contribution in [0.15, 0.2) is 10.9 Å². The first kappa shape index (κ1) is 15.9. The third kappa shape index (κ3) is 3.40. The van der Waals surface area contributed by atoms with Gasteiger partial charge >= 0.3 is 0 Å². The molecular weight excluding hydrogens is 286 g/mol. The normalized spacial score (nSPS) is 10.7. The van der Waals surface area contributed by atoms with E-state index in [-0.39, 0.29) is 24.0 Å². The lowest BCUT2D eigenvalue weighted by Gasteiger charge is -2.09. The first-order chi connectivity index (χ1) is 10.4. The zero-order valence-electron chi connectivity index (χ0n) is 13.1. The van der Waals surface area contributed by atoms with E-state index < -0.39 is 0 Å². The molecule has 2 N–H and O–H groups in total. The highest BCUT2D eigenvalue weighted by molar-refractivity contribution is 5.91. The summed E-state index contributed by atoms with van der Waals surface area (Å²) in [6.45, 7) is 7.45. The molecule has 0 aliphatic rings. The lowest BCUT2D eigenvalue weighted by atomic mass is 10.3. The molecule has 0 unspecified atom stereocenters. The summed E-state index contributed by atoms with van der Waals surface area (Å²) >= 11 is 0. The highest BCUT2D eigenvalue weighted by Gasteiger charge is 2.14. The molecule has 0 spiro atoms. The van der Waals surface area contributed by atoms with E-state index in [1.165, 1.54) is 4.68 Å². The molecule has 8 nitrogen and oxygen atoms in total. The summed E-state index contributed by atoms with van der Waals surface area (Å²) in [5, 5.41) is 6.95. The number of H-pyrrole nitrogens is 1. The van der Waals surface area contributed by atoms with Gasteiger partial charge in [-0.15, -0.1) is 0 Å². The number of aromatic amines is 1. The number of ether oxygens (including phenoxy) is 1. The maximum Gasteiger partial charge on any atom is 0.255 e. The van der Waals surface area contributed by atoms with Crippen LogP contribution >= 0.6 is 0 Å². The van der Waals surface area contributed by atoms with Gasteiger partial charge in [0.2, 0.25) is 5.95 Å². The van der Waals surface area contributed by atoms with E-state index in [0.717, 1.165) is 0 Å². The Labute approximate surface area is 127 Å². The minimum Gasteiger partial charge on any atom is -0.372 e. The Balaban J connectivity index is 2.36. The molecule has 118 valence electrons. The van der Waals surface area contributed by atoms with Crippen molar-refractivity contribution in [3.63, 3.8) is 0 Å². The number of nitrogens with zero attached hydrogens (tertiary/aromatic N) is 3. The summed E-state index contributed by atoms with van der Waals surface area (Å²) in [4.78, 5) is 30.6. The molecule has 2 rings (SSSR count). The molecule has 2 aromatic heterocycles. The fourth-order valence-corrected chi connectivity index (χ4v) is 1.85. The Morgan fingerprint density at radius 1 is 1.41 bits per heavy atom. The van der Waals surface area contributed by atoms with Crippen molar-refractivity contribution in [2.75, 3.05) is 18.5 Å². The molecule has 0 aliphatic carbocycles. The molecule has 0 fully saturated rings. The number of nitrogens with one attached hydrogen (secondary N) is 2. The number of anilines is 1. The first-order valence-electron chi connectivity index (χ1n) is 6.94. The topological polar surface area (TPSA) is 102 Å². The molecule has 0 bridgehead atoms. The van der Waals surface area contributed by atoms with Crippen molar-refractivity contribution in [2.24, 2.45) is 0 Å². The zero-order chi connectivity index (χ0) is 16.3. The van der Waals surface area contributed by atoms with Gasteiger partial charge in [0, 0.05) is 23.9 Å². The lowest BCUT2D eigenvalue weighted by molar-refractivity contribution is -0.120. The zero-order valence-corrected chi connectivity index (χ0v) is 13.1. The predicted molar refractivity (Wildman–Crippen MR) is 81.3 cm³/mol. The van der Waals surface area contributed by atoms with Crippen LogP contribution < -0.4 is 10.9 Å². The van der Waals surface area contributed by atoms with Crippen LogP contribution in [0.2, 0.25) is 0 Å². The van der Waals surface area contributed by atoms with Crippen LogP contribution in [-0.2, 0) is 9.53 Å². The molecule has 22 heavy (non-hydrogen) atoms. The summed E-state index contributed by atoms with van der Waals surface area (Å²) in [5.41, 5.74) is 1.61. The highest BCUT2D eigenvalue weighted by Crippen LogP contribution is 2.14. The van der Waals surface area contributed by atoms with Gasteiger partial charge in [0.1, 0.15) is 12.4 Å². The molecule has 0 saturated heterocycles. The van der Waals surface area contributed by atoms with Crippen LogP contribution in [0.25, 0.3) is 5.95 Å². The monoisotopic (exact) mass is 305 g/mol. The standard InChI is InChI=1S/C14H19N5O3/c1-5-22-7-12(20)16-11-6-8(2)18-19(11)14-15-10(4)9(3)13(21)17-14/h6H,5,7H2,1-4H3,(H,16,20)(H,15,17,21). The fourth-order valence-electron chi connectivity index (χ4n) is 1.85. The van der Waals surface area contributed by atoms with Crippen LogP contribution in [0, 0.1) is 20.8 Å². The molecule has 8 heteroatoms. The fraction of sp³-hybridized carbons (Fsp3) is 0.429. The number of amides is 1. The molecule has 1 amide bonds. The number of carbonyl (C=O) groups is 1. The number of hydrogen-bond donors (Lipinski definition) is 2. The number of hydrogen-bond acceptors (Lipinski definition) is 5. The Morgan fingerprint density at radius 3 is 2.77 bits per heavy atom. The van der Waals surface area contributed by atoms with E-state index in [0.29, 0.717) is 29.4 Å². The summed E-state index contributed by atoms with van der Waals surface area (Å²) < 4.78 is 6.45. The van der Waals surface area contributed by atoms with E-state index >= 15 is 0 Å². The SMILES string of the molecule is CCOCC(=O)Nc1cc(C)nn1-c1nc(C)c(C)c(=O)[nH]1. The van der Waals surface area contributed by atoms with Gasteiger partial charge in [-0.3, -0.25) is 14.6 Å². The molecular formula is C14H19N5O3. The maximum absolute atomic E-state index is 11.9. The van der Waals surface area contributed by atoms with Gasteiger partial charge in [-0.25, -0.2) is 4.98 Å². The van der Waals surface area contributed by atoms with Crippen molar-refractivity contribution in [1.29, 1.82) is 0 Å². The largest absolute Gasteiger partial charge is 0.372 e. The van der Waals surface area contributed by atoms with Crippen LogP contribution in [-0.4, -0.2) is 38.9 Å². The predicted octanol–water partition coefficient (Wildman–Crippen LogP) is 0.856. The van der Waals surface area contributed by atoms with Crippen molar-refractivity contribution in [3.8, 4) is 5.95 Å². The Kier molecular flexibility index (Phi) is 4.71. The van der Waals surface area contributed by atoms with Crippen molar-refractivity contribution in [1.82, 2.24) is 19.7 Å². The number of carbonyl (C=O) groups excluding carboxylic acids is 1. The Bertz CT molecular complexity index is 747. The number of aryl methyl sites for hydroxylation is 2. The third-order valence-corrected chi connectivity index (χ3v) is 3.12. The minimum atomic E-state index is -0.297. The average molecular weight is 305 g/mol. The van der Waals surface area contributed by atoms with E-state index in [1.807, 2.05) is 6.92 Å². The van der Waals surface area contributed by atoms with Gasteiger partial charge in [-0.1, -0.05) is 0 Å². The van der Waals surface area contributed by atoms with Crippen LogP contribution in [0.3, 0.4) is 0 Å². The molecule has 0 aliphatic heterocycles. The van der Waals surface area contributed by atoms with Crippen LogP contribution in [0.5, 0.6) is 0 Å². The smallest absolute Gasteiger partial charge is 0.255 e. The van der Waals surface area contributed by atoms with Gasteiger partial charge in [0.25, 0.3) is 11.5 Å². The molecule has 0 aromatic carbocycles. The highest BCUT2D eigenvalue weighted by atomic mass is 16.5. The number of rotatable bonds is 5. The quantitative estimate of drug-likeness (QED) is 0.853. The molecule has 0 radical (unpaired) electrons. The third-order valence-electron chi connectivity index (χ3n) is 3.12. The molecule has 0 atom stereocenters. The molecule has 2 heterocycles. The van der Waals surface area contributed by atoms with Crippen molar-refractivity contribution < 1.29 is 9.53 Å². The van der Waals surface area contributed by atoms with Gasteiger partial charge in [0.05, 0.1) is 5.69 Å². The lowest BCUT2D eigenvalue weighted by Crippen LogP contribution is -2.22. The second-order valence-electron chi connectivity index (χ2n) is 4.87. The second kappa shape index (κ2) is 6.52. The number of aromatic nitrogens is 4. The van der Waals surface area contributed by atoms with E-state index in [2.05, 4.69) is 20.4 Å². The summed E-state index contributed by atoms with van der Waals surface area (Å²) in [6.07, 6.45) is 0. The van der Waals surface area contributed by atoms with Gasteiger partial charge in [-0.2, -0.15) is 9.78 Å². The summed E-state index contributed by atoms with van der Waals surface area (Å²) in [7, 11) is 0. The van der Waals surface area contributed by atoms with Crippen LogP contribution in [0.1, 0.15) is 23.9 Å². The first-order valence-corrected chi connectivity index (χ1v) is 6.94. The maximum atomic E-state index is 11.9. The van der Waals surface area contributed by atoms with Gasteiger partial charge in [0.15, 0.2) is 0 Å². The second-order valence-corrected chi connectivity index (χ2v) is 4.87. The van der Waals surface area contributed by atoms with Crippen molar-refractivity contribution in [2.45, 2.75) is 27.7 Å². The summed E-state index contributed by atoms with van der Waals surface area (Å²) in [6, 6.07) is 1.69. The Hall–Kier alpha value is -2.48. The van der Waals surface area contributed by atoms with Gasteiger partial charge in [-0.05, 0) is 27.7 Å². The van der Waals surface area contributed by atoms with Gasteiger partial charge < -0.3 is 10.1 Å². The minimum absolute atomic E-state index is 0.0440. The van der Waals surface area contributed by atoms with E-state index in [9.17, 15) is 9.59 Å². The van der Waals surface area contributed by atoms with Crippen molar-refractivity contribution >= 4 is 11.7 Å². The van der Waals surface area contributed by atoms with Crippen molar-refractivity contribution in [3.05, 3.63) is 33.4 Å². The van der Waals surface area contributed by atoms with E-state index in [4.69, 9.17) is 4.74 Å².